The SMILES string of the molecule is CCNC(=NCc1ccc(OCCOc2ccccc2)nc1)NC1CCN(C(C)C)CC1.I. The first-order chi connectivity index (χ1) is 15.6. The van der Waals surface area contributed by atoms with Crippen LogP contribution in [0.3, 0.4) is 0 Å². The first kappa shape index (κ1) is 27.2. The molecule has 0 bridgehead atoms. The Balaban J connectivity index is 0.00000385. The highest BCUT2D eigenvalue weighted by Crippen LogP contribution is 2.13. The van der Waals surface area contributed by atoms with Crippen LogP contribution in [0.1, 0.15) is 39.2 Å². The zero-order valence-electron chi connectivity index (χ0n) is 20.0. The molecule has 2 N–H and O–H groups in total. The molecule has 1 saturated heterocycles. The van der Waals surface area contributed by atoms with E-state index in [2.05, 4.69) is 41.3 Å². The summed E-state index contributed by atoms with van der Waals surface area (Å²) in [6.07, 6.45) is 4.11. The van der Waals surface area contributed by atoms with E-state index in [0.717, 1.165) is 49.7 Å². The minimum absolute atomic E-state index is 0. The molecule has 0 atom stereocenters. The third-order valence-electron chi connectivity index (χ3n) is 5.51. The average molecular weight is 568 g/mol. The molecule has 8 heteroatoms. The van der Waals surface area contributed by atoms with Crippen molar-refractivity contribution in [3.05, 3.63) is 54.2 Å². The standard InChI is InChI=1S/C25H37N5O2.HI/c1-4-26-25(29-22-12-14-30(15-13-22)20(2)3)28-19-21-10-11-24(27-18-21)32-17-16-31-23-8-6-5-7-9-23;/h5-11,18,20,22H,4,12-17,19H2,1-3H3,(H2,26,28,29);1H. The van der Waals surface area contributed by atoms with Gasteiger partial charge in [0.2, 0.25) is 5.88 Å². The van der Waals surface area contributed by atoms with Crippen LogP contribution in [0.2, 0.25) is 0 Å². The highest BCUT2D eigenvalue weighted by Gasteiger charge is 2.21. The van der Waals surface area contributed by atoms with Crippen LogP contribution >= 0.6 is 24.0 Å². The van der Waals surface area contributed by atoms with E-state index in [1.54, 1.807) is 0 Å². The maximum absolute atomic E-state index is 5.67. The van der Waals surface area contributed by atoms with Gasteiger partial charge in [-0.1, -0.05) is 24.3 Å². The van der Waals surface area contributed by atoms with Crippen molar-refractivity contribution in [2.45, 2.75) is 52.2 Å². The fourth-order valence-electron chi connectivity index (χ4n) is 3.66. The number of rotatable bonds is 10. The normalized spacial score (nSPS) is 15.1. The van der Waals surface area contributed by atoms with Crippen molar-refractivity contribution in [1.82, 2.24) is 20.5 Å². The number of piperidine rings is 1. The van der Waals surface area contributed by atoms with Gasteiger partial charge in [-0.2, -0.15) is 0 Å². The molecule has 0 unspecified atom stereocenters. The molecule has 1 fully saturated rings. The maximum Gasteiger partial charge on any atom is 0.213 e. The van der Waals surface area contributed by atoms with Crippen molar-refractivity contribution in [2.75, 3.05) is 32.8 Å². The van der Waals surface area contributed by atoms with E-state index in [1.165, 1.54) is 0 Å². The van der Waals surface area contributed by atoms with Crippen molar-refractivity contribution in [3.8, 4) is 11.6 Å². The first-order valence-corrected chi connectivity index (χ1v) is 11.7. The monoisotopic (exact) mass is 567 g/mol. The highest BCUT2D eigenvalue weighted by atomic mass is 127. The Morgan fingerprint density at radius 1 is 1.09 bits per heavy atom. The number of para-hydroxylation sites is 1. The van der Waals surface area contributed by atoms with Gasteiger partial charge in [0.15, 0.2) is 5.96 Å². The van der Waals surface area contributed by atoms with Gasteiger partial charge < -0.3 is 25.0 Å². The number of nitrogens with one attached hydrogen (secondary N) is 2. The number of ether oxygens (including phenoxy) is 2. The summed E-state index contributed by atoms with van der Waals surface area (Å²) in [6.45, 7) is 11.2. The summed E-state index contributed by atoms with van der Waals surface area (Å²) in [6, 6.07) is 14.7. The lowest BCUT2D eigenvalue weighted by Crippen LogP contribution is -2.49. The zero-order valence-corrected chi connectivity index (χ0v) is 22.3. The van der Waals surface area contributed by atoms with E-state index in [0.29, 0.717) is 37.7 Å². The lowest BCUT2D eigenvalue weighted by Gasteiger charge is -2.35. The van der Waals surface area contributed by atoms with Gasteiger partial charge in [0, 0.05) is 44.0 Å². The molecule has 33 heavy (non-hydrogen) atoms. The van der Waals surface area contributed by atoms with Crippen LogP contribution in [0.5, 0.6) is 11.6 Å². The summed E-state index contributed by atoms with van der Waals surface area (Å²) in [5.74, 6) is 2.30. The molecule has 1 aliphatic heterocycles. The topological polar surface area (TPSA) is 71.0 Å². The van der Waals surface area contributed by atoms with Crippen LogP contribution in [0.25, 0.3) is 0 Å². The molecule has 0 spiro atoms. The number of nitrogens with zero attached hydrogens (tertiary/aromatic N) is 3. The lowest BCUT2D eigenvalue weighted by molar-refractivity contribution is 0.167. The van der Waals surface area contributed by atoms with Crippen molar-refractivity contribution in [3.63, 3.8) is 0 Å². The summed E-state index contributed by atoms with van der Waals surface area (Å²) in [5.41, 5.74) is 1.05. The quantitative estimate of drug-likeness (QED) is 0.195. The number of hydrogen-bond acceptors (Lipinski definition) is 5. The molecular formula is C25H38IN5O2. The molecule has 0 amide bonds. The van der Waals surface area contributed by atoms with E-state index in [9.17, 15) is 0 Å². The molecular weight excluding hydrogens is 529 g/mol. The molecule has 2 heterocycles. The number of benzene rings is 1. The number of pyridine rings is 1. The Labute approximate surface area is 215 Å². The predicted molar refractivity (Wildman–Crippen MR) is 145 cm³/mol. The van der Waals surface area contributed by atoms with E-state index < -0.39 is 0 Å². The minimum atomic E-state index is 0. The summed E-state index contributed by atoms with van der Waals surface area (Å²) in [5, 5.41) is 6.96. The number of likely N-dealkylation sites (tertiary alicyclic amines) is 1. The highest BCUT2D eigenvalue weighted by molar-refractivity contribution is 14.0. The number of aliphatic imine (C=N–C) groups is 1. The molecule has 1 aromatic heterocycles. The molecule has 0 radical (unpaired) electrons. The molecule has 1 aromatic carbocycles. The van der Waals surface area contributed by atoms with Crippen molar-refractivity contribution in [2.24, 2.45) is 4.99 Å². The van der Waals surface area contributed by atoms with Gasteiger partial charge in [0.05, 0.1) is 6.54 Å². The smallest absolute Gasteiger partial charge is 0.213 e. The molecule has 0 saturated carbocycles. The number of hydrogen-bond donors (Lipinski definition) is 2. The second-order valence-electron chi connectivity index (χ2n) is 8.26. The van der Waals surface area contributed by atoms with Gasteiger partial charge in [-0.25, -0.2) is 9.98 Å². The summed E-state index contributed by atoms with van der Waals surface area (Å²) in [7, 11) is 0. The third kappa shape index (κ3) is 9.75. The molecule has 3 rings (SSSR count). The number of halogens is 1. The Bertz CT molecular complexity index is 809. The van der Waals surface area contributed by atoms with Crippen LogP contribution < -0.4 is 20.1 Å². The van der Waals surface area contributed by atoms with Crippen molar-refractivity contribution in [1.29, 1.82) is 0 Å². The average Bonchev–Trinajstić information content (AvgIpc) is 2.82. The van der Waals surface area contributed by atoms with Crippen molar-refractivity contribution >= 4 is 29.9 Å². The van der Waals surface area contributed by atoms with Crippen LogP contribution in [0, 0.1) is 0 Å². The lowest BCUT2D eigenvalue weighted by atomic mass is 10.0. The zero-order chi connectivity index (χ0) is 22.6. The van der Waals surface area contributed by atoms with Gasteiger partial charge in [-0.15, -0.1) is 24.0 Å². The van der Waals surface area contributed by atoms with Crippen molar-refractivity contribution < 1.29 is 9.47 Å². The largest absolute Gasteiger partial charge is 0.490 e. The van der Waals surface area contributed by atoms with E-state index in [1.807, 2.05) is 48.7 Å². The third-order valence-corrected chi connectivity index (χ3v) is 5.51. The van der Waals surface area contributed by atoms with Gasteiger partial charge >= 0.3 is 0 Å². The van der Waals surface area contributed by atoms with Crippen LogP contribution in [-0.2, 0) is 6.54 Å². The molecule has 7 nitrogen and oxygen atoms in total. The van der Waals surface area contributed by atoms with Gasteiger partial charge in [0.25, 0.3) is 0 Å². The Hall–Kier alpha value is -2.07. The fourth-order valence-corrected chi connectivity index (χ4v) is 3.66. The van der Waals surface area contributed by atoms with E-state index >= 15 is 0 Å². The summed E-state index contributed by atoms with van der Waals surface area (Å²) in [4.78, 5) is 11.7. The molecule has 1 aliphatic rings. The van der Waals surface area contributed by atoms with Gasteiger partial charge in [-0.05, 0) is 51.3 Å². The van der Waals surface area contributed by atoms with E-state index in [-0.39, 0.29) is 24.0 Å². The van der Waals surface area contributed by atoms with Gasteiger partial charge in [-0.3, -0.25) is 0 Å². The second kappa shape index (κ2) is 15.0. The predicted octanol–water partition coefficient (Wildman–Crippen LogP) is 4.09. The molecule has 0 aliphatic carbocycles. The molecule has 2 aromatic rings. The Kier molecular flexibility index (Phi) is 12.3. The summed E-state index contributed by atoms with van der Waals surface area (Å²) >= 11 is 0. The number of aromatic nitrogens is 1. The van der Waals surface area contributed by atoms with Crippen LogP contribution in [-0.4, -0.2) is 60.8 Å². The Morgan fingerprint density at radius 3 is 2.45 bits per heavy atom. The van der Waals surface area contributed by atoms with E-state index in [4.69, 9.17) is 14.5 Å². The minimum Gasteiger partial charge on any atom is -0.490 e. The van der Waals surface area contributed by atoms with Crippen LogP contribution in [0.4, 0.5) is 0 Å². The maximum atomic E-state index is 5.67. The number of guanidine groups is 1. The summed E-state index contributed by atoms with van der Waals surface area (Å²) < 4.78 is 11.3. The first-order valence-electron chi connectivity index (χ1n) is 11.7. The fraction of sp³-hybridized carbons (Fsp3) is 0.520. The second-order valence-corrected chi connectivity index (χ2v) is 8.26. The van der Waals surface area contributed by atoms with Crippen LogP contribution in [0.15, 0.2) is 53.7 Å². The van der Waals surface area contributed by atoms with Gasteiger partial charge in [0.1, 0.15) is 19.0 Å². The molecule has 182 valence electrons. The Morgan fingerprint density at radius 2 is 1.82 bits per heavy atom.